The molecule has 2 amide bonds. The number of aryl methyl sites for hydroxylation is 1. The smallest absolute Gasteiger partial charge is 0.317 e. The van der Waals surface area contributed by atoms with Gasteiger partial charge in [0.15, 0.2) is 0 Å². The van der Waals surface area contributed by atoms with E-state index in [9.17, 15) is 4.79 Å². The normalized spacial score (nSPS) is 21.8. The zero-order valence-electron chi connectivity index (χ0n) is 13.3. The van der Waals surface area contributed by atoms with Gasteiger partial charge >= 0.3 is 6.03 Å². The molecule has 1 aliphatic rings. The van der Waals surface area contributed by atoms with Crippen LogP contribution < -0.4 is 5.32 Å². The summed E-state index contributed by atoms with van der Waals surface area (Å²) in [5, 5.41) is 3.05. The second-order valence-corrected chi connectivity index (χ2v) is 6.36. The summed E-state index contributed by atoms with van der Waals surface area (Å²) in [5.41, 5.74) is 1.33. The minimum absolute atomic E-state index is 0.0853. The molecule has 21 heavy (non-hydrogen) atoms. The van der Waals surface area contributed by atoms with Crippen molar-refractivity contribution in [1.82, 2.24) is 10.2 Å². The quantitative estimate of drug-likeness (QED) is 0.820. The molecule has 0 saturated heterocycles. The average molecular weight is 288 g/mol. The first-order valence-corrected chi connectivity index (χ1v) is 8.21. The van der Waals surface area contributed by atoms with Gasteiger partial charge in [-0.15, -0.1) is 0 Å². The molecule has 0 aromatic heterocycles. The van der Waals surface area contributed by atoms with Crippen molar-refractivity contribution in [2.24, 2.45) is 5.92 Å². The van der Waals surface area contributed by atoms with Crippen molar-refractivity contribution in [2.75, 3.05) is 13.6 Å². The van der Waals surface area contributed by atoms with Crippen molar-refractivity contribution < 1.29 is 4.79 Å². The highest BCUT2D eigenvalue weighted by atomic mass is 16.2. The molecule has 116 valence electrons. The van der Waals surface area contributed by atoms with Gasteiger partial charge in [0, 0.05) is 19.6 Å². The van der Waals surface area contributed by atoms with Crippen molar-refractivity contribution in [3.63, 3.8) is 0 Å². The number of carbonyl (C=O) groups excluding carboxylic acids is 1. The maximum Gasteiger partial charge on any atom is 0.317 e. The van der Waals surface area contributed by atoms with Gasteiger partial charge in [0.1, 0.15) is 0 Å². The summed E-state index contributed by atoms with van der Waals surface area (Å²) in [4.78, 5) is 14.1. The van der Waals surface area contributed by atoms with E-state index in [1.165, 1.54) is 18.4 Å². The Morgan fingerprint density at radius 1 is 1.29 bits per heavy atom. The lowest BCUT2D eigenvalue weighted by Crippen LogP contribution is -2.45. The first-order chi connectivity index (χ1) is 10.2. The second kappa shape index (κ2) is 8.06. The van der Waals surface area contributed by atoms with E-state index in [2.05, 4.69) is 36.5 Å². The number of nitrogens with zero attached hydrogens (tertiary/aromatic N) is 1. The monoisotopic (exact) mass is 288 g/mol. The number of hydrogen-bond acceptors (Lipinski definition) is 1. The van der Waals surface area contributed by atoms with Crippen molar-refractivity contribution in [2.45, 2.75) is 51.5 Å². The van der Waals surface area contributed by atoms with Gasteiger partial charge < -0.3 is 10.2 Å². The molecule has 0 spiro atoms. The molecule has 1 aliphatic carbocycles. The van der Waals surface area contributed by atoms with Gasteiger partial charge in [-0.05, 0) is 37.2 Å². The molecule has 0 bridgehead atoms. The molecular formula is C18H28N2O. The maximum atomic E-state index is 12.2. The fourth-order valence-corrected chi connectivity index (χ4v) is 3.18. The lowest BCUT2D eigenvalue weighted by Gasteiger charge is -2.34. The number of benzene rings is 1. The molecule has 0 heterocycles. The van der Waals surface area contributed by atoms with Crippen LogP contribution >= 0.6 is 0 Å². The van der Waals surface area contributed by atoms with E-state index in [-0.39, 0.29) is 6.03 Å². The first kappa shape index (κ1) is 15.9. The van der Waals surface area contributed by atoms with Crippen molar-refractivity contribution in [3.05, 3.63) is 35.9 Å². The van der Waals surface area contributed by atoms with Crippen LogP contribution in [0.4, 0.5) is 4.79 Å². The molecule has 2 atom stereocenters. The third-order valence-electron chi connectivity index (χ3n) is 4.54. The average Bonchev–Trinajstić information content (AvgIpc) is 2.51. The molecule has 3 nitrogen and oxygen atoms in total. The molecule has 1 aromatic carbocycles. The van der Waals surface area contributed by atoms with E-state index in [0.717, 1.165) is 38.1 Å². The van der Waals surface area contributed by atoms with Gasteiger partial charge in [0.25, 0.3) is 0 Å². The summed E-state index contributed by atoms with van der Waals surface area (Å²) in [5.74, 6) is 0.747. The first-order valence-electron chi connectivity index (χ1n) is 8.21. The van der Waals surface area contributed by atoms with Crippen molar-refractivity contribution in [3.8, 4) is 0 Å². The van der Waals surface area contributed by atoms with Crippen LogP contribution in [0.3, 0.4) is 0 Å². The summed E-state index contributed by atoms with van der Waals surface area (Å²) in [7, 11) is 1.94. The van der Waals surface area contributed by atoms with Gasteiger partial charge in [0.2, 0.25) is 0 Å². The molecule has 1 saturated carbocycles. The molecular weight excluding hydrogens is 260 g/mol. The highest BCUT2D eigenvalue weighted by Crippen LogP contribution is 2.26. The highest BCUT2D eigenvalue weighted by molar-refractivity contribution is 5.74. The summed E-state index contributed by atoms with van der Waals surface area (Å²) in [6.45, 7) is 3.04. The predicted octanol–water partition coefficient (Wildman–Crippen LogP) is 3.84. The molecule has 0 radical (unpaired) electrons. The Bertz CT molecular complexity index is 432. The van der Waals surface area contributed by atoms with Crippen molar-refractivity contribution in [1.29, 1.82) is 0 Å². The molecule has 2 unspecified atom stereocenters. The SMILES string of the molecule is CC1CCCC(N(C)C(=O)NCCCc2ccccc2)C1. The lowest BCUT2D eigenvalue weighted by molar-refractivity contribution is 0.160. The fourth-order valence-electron chi connectivity index (χ4n) is 3.18. The number of carbonyl (C=O) groups is 1. The van der Waals surface area contributed by atoms with Crippen LogP contribution in [0.15, 0.2) is 30.3 Å². The summed E-state index contributed by atoms with van der Waals surface area (Å²) in [6, 6.07) is 10.9. The molecule has 2 rings (SSSR count). The van der Waals surface area contributed by atoms with Crippen LogP contribution in [-0.2, 0) is 6.42 Å². The number of urea groups is 1. The van der Waals surface area contributed by atoms with Crippen LogP contribution in [-0.4, -0.2) is 30.6 Å². The van der Waals surface area contributed by atoms with Gasteiger partial charge in [-0.2, -0.15) is 0 Å². The Morgan fingerprint density at radius 2 is 2.05 bits per heavy atom. The Labute approximate surface area is 128 Å². The fraction of sp³-hybridized carbons (Fsp3) is 0.611. The van der Waals surface area contributed by atoms with E-state index >= 15 is 0 Å². The number of rotatable bonds is 5. The molecule has 1 fully saturated rings. The highest BCUT2D eigenvalue weighted by Gasteiger charge is 2.24. The molecule has 0 aliphatic heterocycles. The number of hydrogen-bond donors (Lipinski definition) is 1. The molecule has 3 heteroatoms. The largest absolute Gasteiger partial charge is 0.338 e. The van der Waals surface area contributed by atoms with Crippen LogP contribution in [0.25, 0.3) is 0 Å². The van der Waals surface area contributed by atoms with Crippen LogP contribution in [0.1, 0.15) is 44.6 Å². The van der Waals surface area contributed by atoms with Gasteiger partial charge in [-0.1, -0.05) is 50.1 Å². The third kappa shape index (κ3) is 5.07. The predicted molar refractivity (Wildman–Crippen MR) is 87.3 cm³/mol. The van der Waals surface area contributed by atoms with Crippen LogP contribution in [0.2, 0.25) is 0 Å². The van der Waals surface area contributed by atoms with E-state index < -0.39 is 0 Å². The Balaban J connectivity index is 1.66. The standard InChI is InChI=1S/C18H28N2O/c1-15-8-6-12-17(14-15)20(2)18(21)19-13-7-11-16-9-4-3-5-10-16/h3-5,9-10,15,17H,6-8,11-14H2,1-2H3,(H,19,21). The van der Waals surface area contributed by atoms with E-state index in [1.807, 2.05) is 18.0 Å². The third-order valence-corrected chi connectivity index (χ3v) is 4.54. The Hall–Kier alpha value is -1.51. The topological polar surface area (TPSA) is 32.3 Å². The summed E-state index contributed by atoms with van der Waals surface area (Å²) in [6.07, 6.45) is 6.86. The van der Waals surface area contributed by atoms with Crippen molar-refractivity contribution >= 4 is 6.03 Å². The molecule has 1 aromatic rings. The van der Waals surface area contributed by atoms with Gasteiger partial charge in [-0.3, -0.25) is 0 Å². The zero-order valence-corrected chi connectivity index (χ0v) is 13.3. The zero-order chi connectivity index (χ0) is 15.1. The van der Waals surface area contributed by atoms with E-state index in [1.54, 1.807) is 0 Å². The van der Waals surface area contributed by atoms with Crippen LogP contribution in [0.5, 0.6) is 0 Å². The maximum absolute atomic E-state index is 12.2. The summed E-state index contributed by atoms with van der Waals surface area (Å²) < 4.78 is 0. The van der Waals surface area contributed by atoms with Crippen LogP contribution in [0, 0.1) is 5.92 Å². The number of nitrogens with one attached hydrogen (secondary N) is 1. The summed E-state index contributed by atoms with van der Waals surface area (Å²) >= 11 is 0. The Kier molecular flexibility index (Phi) is 6.09. The van der Waals surface area contributed by atoms with Gasteiger partial charge in [0.05, 0.1) is 0 Å². The lowest BCUT2D eigenvalue weighted by atomic mass is 9.86. The van der Waals surface area contributed by atoms with Gasteiger partial charge in [-0.25, -0.2) is 4.79 Å². The molecule has 1 N–H and O–H groups in total. The second-order valence-electron chi connectivity index (χ2n) is 6.36. The minimum Gasteiger partial charge on any atom is -0.338 e. The van der Waals surface area contributed by atoms with E-state index in [4.69, 9.17) is 0 Å². The van der Waals surface area contributed by atoms with E-state index in [0.29, 0.717) is 6.04 Å². The Morgan fingerprint density at radius 3 is 2.76 bits per heavy atom. The number of amides is 2. The minimum atomic E-state index is 0.0853.